The van der Waals surface area contributed by atoms with E-state index >= 15 is 0 Å². The molecule has 6 heteroatoms. The molecule has 1 aromatic heterocycles. The molecule has 1 aromatic carbocycles. The fourth-order valence-corrected chi connectivity index (χ4v) is 2.61. The molecule has 0 saturated heterocycles. The molecule has 0 amide bonds. The van der Waals surface area contributed by atoms with Crippen LogP contribution in [0.2, 0.25) is 0 Å². The van der Waals surface area contributed by atoms with E-state index in [1.165, 1.54) is 11.3 Å². The minimum atomic E-state index is -0.875. The molecule has 0 fully saturated rings. The number of benzene rings is 1. The highest BCUT2D eigenvalue weighted by molar-refractivity contribution is 7.15. The number of hydrogen-bond acceptors (Lipinski definition) is 5. The standard InChI is InChI=1S/C14H17N3O2S/c1-9(2)12(13(18)19)15-14-17-16-11(20-14)8-10-6-4-3-5-7-10/h3-7,9,12H,8H2,1-2H3,(H,15,17)(H,18,19)/t12-/m1/s1. The normalized spacial score (nSPS) is 12.3. The lowest BCUT2D eigenvalue weighted by atomic mass is 10.1. The molecule has 0 radical (unpaired) electrons. The summed E-state index contributed by atoms with van der Waals surface area (Å²) in [7, 11) is 0. The highest BCUT2D eigenvalue weighted by atomic mass is 32.1. The second-order valence-electron chi connectivity index (χ2n) is 4.87. The molecule has 2 N–H and O–H groups in total. The van der Waals surface area contributed by atoms with E-state index in [4.69, 9.17) is 5.11 Å². The number of aromatic nitrogens is 2. The third kappa shape index (κ3) is 3.77. The molecular formula is C14H17N3O2S. The molecule has 1 atom stereocenters. The Morgan fingerprint density at radius 1 is 1.30 bits per heavy atom. The molecular weight excluding hydrogens is 274 g/mol. The zero-order chi connectivity index (χ0) is 14.5. The molecule has 1 heterocycles. The summed E-state index contributed by atoms with van der Waals surface area (Å²) in [5.74, 6) is -0.895. The molecule has 20 heavy (non-hydrogen) atoms. The molecule has 2 rings (SSSR count). The number of aliphatic carboxylic acids is 1. The van der Waals surface area contributed by atoms with E-state index in [9.17, 15) is 4.79 Å². The average Bonchev–Trinajstić information content (AvgIpc) is 2.84. The first-order chi connectivity index (χ1) is 9.56. The van der Waals surface area contributed by atoms with Gasteiger partial charge in [0.1, 0.15) is 11.0 Å². The number of carboxylic acid groups (broad SMARTS) is 1. The Labute approximate surface area is 121 Å². The third-order valence-electron chi connectivity index (χ3n) is 2.88. The fourth-order valence-electron chi connectivity index (χ4n) is 1.80. The average molecular weight is 291 g/mol. The Balaban J connectivity index is 2.03. The van der Waals surface area contributed by atoms with Gasteiger partial charge in [-0.3, -0.25) is 0 Å². The highest BCUT2D eigenvalue weighted by Gasteiger charge is 2.22. The van der Waals surface area contributed by atoms with E-state index in [2.05, 4.69) is 15.5 Å². The summed E-state index contributed by atoms with van der Waals surface area (Å²) in [5.41, 5.74) is 1.16. The van der Waals surface area contributed by atoms with Gasteiger partial charge >= 0.3 is 5.97 Å². The van der Waals surface area contributed by atoms with Crippen LogP contribution >= 0.6 is 11.3 Å². The maximum Gasteiger partial charge on any atom is 0.326 e. The lowest BCUT2D eigenvalue weighted by molar-refractivity contribution is -0.138. The monoisotopic (exact) mass is 291 g/mol. The number of hydrogen-bond donors (Lipinski definition) is 2. The number of carboxylic acids is 1. The van der Waals surface area contributed by atoms with Gasteiger partial charge in [0.2, 0.25) is 5.13 Å². The van der Waals surface area contributed by atoms with Crippen LogP contribution in [0.25, 0.3) is 0 Å². The third-order valence-corrected chi connectivity index (χ3v) is 3.73. The van der Waals surface area contributed by atoms with Gasteiger partial charge in [0.05, 0.1) is 0 Å². The molecule has 2 aromatic rings. The molecule has 0 aliphatic carbocycles. The van der Waals surface area contributed by atoms with Crippen molar-refractivity contribution < 1.29 is 9.90 Å². The van der Waals surface area contributed by atoms with Gasteiger partial charge in [-0.25, -0.2) is 4.79 Å². The zero-order valence-electron chi connectivity index (χ0n) is 11.4. The van der Waals surface area contributed by atoms with Crippen LogP contribution in [0.15, 0.2) is 30.3 Å². The van der Waals surface area contributed by atoms with Crippen LogP contribution in [-0.2, 0) is 11.2 Å². The Kier molecular flexibility index (Phi) is 4.68. The topological polar surface area (TPSA) is 75.1 Å². The molecule has 0 aliphatic heterocycles. The van der Waals surface area contributed by atoms with Crippen LogP contribution in [-0.4, -0.2) is 27.3 Å². The molecule has 0 aliphatic rings. The summed E-state index contributed by atoms with van der Waals surface area (Å²) < 4.78 is 0. The van der Waals surface area contributed by atoms with E-state index in [0.29, 0.717) is 11.6 Å². The SMILES string of the molecule is CC(C)[C@@H](Nc1nnc(Cc2ccccc2)s1)C(=O)O. The van der Waals surface area contributed by atoms with Crippen molar-refractivity contribution in [3.63, 3.8) is 0 Å². The van der Waals surface area contributed by atoms with Gasteiger partial charge in [0, 0.05) is 6.42 Å². The van der Waals surface area contributed by atoms with Crippen molar-refractivity contribution in [2.45, 2.75) is 26.3 Å². The van der Waals surface area contributed by atoms with Crippen molar-refractivity contribution >= 4 is 22.4 Å². The number of nitrogens with zero attached hydrogens (tertiary/aromatic N) is 2. The van der Waals surface area contributed by atoms with E-state index in [1.807, 2.05) is 44.2 Å². The number of nitrogens with one attached hydrogen (secondary N) is 1. The smallest absolute Gasteiger partial charge is 0.326 e. The Bertz CT molecular complexity index is 569. The van der Waals surface area contributed by atoms with Gasteiger partial charge in [-0.1, -0.05) is 55.5 Å². The van der Waals surface area contributed by atoms with E-state index in [-0.39, 0.29) is 5.92 Å². The van der Waals surface area contributed by atoms with Crippen LogP contribution < -0.4 is 5.32 Å². The fraction of sp³-hybridized carbons (Fsp3) is 0.357. The lowest BCUT2D eigenvalue weighted by Gasteiger charge is -2.16. The zero-order valence-corrected chi connectivity index (χ0v) is 12.2. The maximum absolute atomic E-state index is 11.1. The highest BCUT2D eigenvalue weighted by Crippen LogP contribution is 2.20. The lowest BCUT2D eigenvalue weighted by Crippen LogP contribution is -2.34. The molecule has 0 unspecified atom stereocenters. The Morgan fingerprint density at radius 3 is 2.60 bits per heavy atom. The van der Waals surface area contributed by atoms with Crippen LogP contribution in [0, 0.1) is 5.92 Å². The van der Waals surface area contributed by atoms with Crippen molar-refractivity contribution in [2.75, 3.05) is 5.32 Å². The second kappa shape index (κ2) is 6.47. The van der Waals surface area contributed by atoms with Crippen molar-refractivity contribution in [3.8, 4) is 0 Å². The van der Waals surface area contributed by atoms with E-state index in [0.717, 1.165) is 10.6 Å². The summed E-state index contributed by atoms with van der Waals surface area (Å²) in [6.45, 7) is 3.72. The predicted molar refractivity (Wildman–Crippen MR) is 79.0 cm³/mol. The molecule has 0 bridgehead atoms. The van der Waals surface area contributed by atoms with Gasteiger partial charge in [-0.15, -0.1) is 10.2 Å². The van der Waals surface area contributed by atoms with Crippen LogP contribution in [0.3, 0.4) is 0 Å². The predicted octanol–water partition coefficient (Wildman–Crippen LogP) is 2.65. The Morgan fingerprint density at radius 2 is 2.00 bits per heavy atom. The van der Waals surface area contributed by atoms with Crippen molar-refractivity contribution in [1.29, 1.82) is 0 Å². The summed E-state index contributed by atoms with van der Waals surface area (Å²) in [5, 5.41) is 21.6. The number of carbonyl (C=O) groups is 1. The van der Waals surface area contributed by atoms with E-state index < -0.39 is 12.0 Å². The number of rotatable bonds is 6. The van der Waals surface area contributed by atoms with Crippen molar-refractivity contribution in [2.24, 2.45) is 5.92 Å². The van der Waals surface area contributed by atoms with Gasteiger partial charge in [0.15, 0.2) is 0 Å². The summed E-state index contributed by atoms with van der Waals surface area (Å²) in [6, 6.07) is 9.35. The molecule has 0 saturated carbocycles. The quantitative estimate of drug-likeness (QED) is 0.855. The second-order valence-corrected chi connectivity index (χ2v) is 5.93. The Hall–Kier alpha value is -1.95. The van der Waals surface area contributed by atoms with Gasteiger partial charge in [-0.2, -0.15) is 0 Å². The molecule has 0 spiro atoms. The largest absolute Gasteiger partial charge is 0.480 e. The summed E-state index contributed by atoms with van der Waals surface area (Å²) >= 11 is 1.39. The minimum Gasteiger partial charge on any atom is -0.480 e. The van der Waals surface area contributed by atoms with Gasteiger partial charge in [0.25, 0.3) is 0 Å². The first-order valence-electron chi connectivity index (χ1n) is 6.42. The minimum absolute atomic E-state index is 0.0195. The summed E-state index contributed by atoms with van der Waals surface area (Å²) in [6.07, 6.45) is 0.708. The maximum atomic E-state index is 11.1. The van der Waals surface area contributed by atoms with Crippen molar-refractivity contribution in [3.05, 3.63) is 40.9 Å². The molecule has 5 nitrogen and oxygen atoms in total. The van der Waals surface area contributed by atoms with Crippen LogP contribution in [0.1, 0.15) is 24.4 Å². The number of anilines is 1. The first kappa shape index (κ1) is 14.5. The van der Waals surface area contributed by atoms with Crippen LogP contribution in [0.5, 0.6) is 0 Å². The molecule has 106 valence electrons. The van der Waals surface area contributed by atoms with Crippen molar-refractivity contribution in [1.82, 2.24) is 10.2 Å². The van der Waals surface area contributed by atoms with Crippen LogP contribution in [0.4, 0.5) is 5.13 Å². The van der Waals surface area contributed by atoms with Gasteiger partial charge < -0.3 is 10.4 Å². The van der Waals surface area contributed by atoms with E-state index in [1.54, 1.807) is 0 Å². The van der Waals surface area contributed by atoms with Gasteiger partial charge in [-0.05, 0) is 11.5 Å². The first-order valence-corrected chi connectivity index (χ1v) is 7.23. The summed E-state index contributed by atoms with van der Waals surface area (Å²) in [4.78, 5) is 11.1.